The van der Waals surface area contributed by atoms with Gasteiger partial charge in [-0.3, -0.25) is 14.4 Å². The minimum absolute atomic E-state index is 0.191. The van der Waals surface area contributed by atoms with Gasteiger partial charge in [0.1, 0.15) is 12.6 Å². The summed E-state index contributed by atoms with van der Waals surface area (Å²) in [4.78, 5) is 26.1. The van der Waals surface area contributed by atoms with Gasteiger partial charge in [-0.25, -0.2) is 5.48 Å². The van der Waals surface area contributed by atoms with Crippen molar-refractivity contribution in [3.8, 4) is 0 Å². The van der Waals surface area contributed by atoms with Crippen molar-refractivity contribution in [2.24, 2.45) is 0 Å². The van der Waals surface area contributed by atoms with Crippen LogP contribution in [0.15, 0.2) is 0 Å². The molecule has 0 aromatic carbocycles. The van der Waals surface area contributed by atoms with Crippen LogP contribution >= 0.6 is 15.9 Å². The molecule has 1 atom stereocenters. The van der Waals surface area contributed by atoms with Gasteiger partial charge in [0, 0.05) is 0 Å². The SMILES string of the molecule is O=C(CBr)NC1CONC1=O. The predicted molar refractivity (Wildman–Crippen MR) is 39.8 cm³/mol. The lowest BCUT2D eigenvalue weighted by atomic mass is 10.3. The topological polar surface area (TPSA) is 67.4 Å². The van der Waals surface area contributed by atoms with Crippen molar-refractivity contribution in [1.82, 2.24) is 10.8 Å². The number of hydrogen-bond acceptors (Lipinski definition) is 3. The van der Waals surface area contributed by atoms with Gasteiger partial charge in [0.2, 0.25) is 5.91 Å². The molecule has 0 saturated carbocycles. The second-order valence-electron chi connectivity index (χ2n) is 2.03. The van der Waals surface area contributed by atoms with Crippen LogP contribution in [0.25, 0.3) is 0 Å². The Hall–Kier alpha value is -0.620. The van der Waals surface area contributed by atoms with E-state index in [4.69, 9.17) is 0 Å². The molecule has 1 aliphatic rings. The lowest BCUT2D eigenvalue weighted by molar-refractivity contribution is -0.127. The van der Waals surface area contributed by atoms with Crippen LogP contribution in [0, 0.1) is 0 Å². The van der Waals surface area contributed by atoms with Crippen LogP contribution in [-0.2, 0) is 14.4 Å². The molecule has 0 aromatic rings. The zero-order valence-electron chi connectivity index (χ0n) is 5.59. The van der Waals surface area contributed by atoms with Crippen LogP contribution in [-0.4, -0.2) is 29.8 Å². The van der Waals surface area contributed by atoms with E-state index in [1.807, 2.05) is 0 Å². The molecule has 0 bridgehead atoms. The standard InChI is InChI=1S/C5H7BrN2O3/c6-1-4(9)7-3-2-11-8-5(3)10/h3H,1-2H2,(H,7,9)(H,8,10). The normalized spacial score (nSPS) is 23.0. The Balaban J connectivity index is 2.36. The maximum atomic E-state index is 10.8. The number of alkyl halides is 1. The van der Waals surface area contributed by atoms with Gasteiger partial charge in [0.05, 0.1) is 5.33 Å². The highest BCUT2D eigenvalue weighted by Crippen LogP contribution is 1.94. The van der Waals surface area contributed by atoms with Crippen molar-refractivity contribution in [2.75, 3.05) is 11.9 Å². The fourth-order valence-corrected chi connectivity index (χ4v) is 0.845. The third kappa shape index (κ3) is 2.16. The average molecular weight is 223 g/mol. The van der Waals surface area contributed by atoms with Gasteiger partial charge >= 0.3 is 0 Å². The van der Waals surface area contributed by atoms with Crippen molar-refractivity contribution in [3.05, 3.63) is 0 Å². The van der Waals surface area contributed by atoms with Crippen molar-refractivity contribution in [3.63, 3.8) is 0 Å². The van der Waals surface area contributed by atoms with E-state index >= 15 is 0 Å². The molecule has 1 rings (SSSR count). The molecule has 1 unspecified atom stereocenters. The van der Waals surface area contributed by atoms with Crippen LogP contribution in [0.4, 0.5) is 0 Å². The van der Waals surface area contributed by atoms with E-state index in [1.165, 1.54) is 0 Å². The minimum atomic E-state index is -0.542. The number of nitrogens with one attached hydrogen (secondary N) is 2. The molecule has 11 heavy (non-hydrogen) atoms. The van der Waals surface area contributed by atoms with Gasteiger partial charge in [-0.2, -0.15) is 0 Å². The van der Waals surface area contributed by atoms with Crippen LogP contribution in [0.1, 0.15) is 0 Å². The first-order chi connectivity index (χ1) is 5.24. The first-order valence-electron chi connectivity index (χ1n) is 3.01. The Morgan fingerprint density at radius 2 is 2.64 bits per heavy atom. The summed E-state index contributed by atoms with van der Waals surface area (Å²) in [6, 6.07) is -0.542. The molecule has 1 heterocycles. The predicted octanol–water partition coefficient (Wildman–Crippen LogP) is -1.07. The van der Waals surface area contributed by atoms with E-state index in [0.717, 1.165) is 0 Å². The van der Waals surface area contributed by atoms with Crippen LogP contribution in [0.3, 0.4) is 0 Å². The van der Waals surface area contributed by atoms with Gasteiger partial charge < -0.3 is 5.32 Å². The Labute approximate surface area is 71.6 Å². The molecular formula is C5H7BrN2O3. The maximum absolute atomic E-state index is 10.8. The first-order valence-corrected chi connectivity index (χ1v) is 4.13. The fraction of sp³-hybridized carbons (Fsp3) is 0.600. The largest absolute Gasteiger partial charge is 0.341 e. The number of halogens is 1. The van der Waals surface area contributed by atoms with Crippen molar-refractivity contribution in [1.29, 1.82) is 0 Å². The Bertz CT molecular complexity index is 185. The van der Waals surface area contributed by atoms with E-state index in [9.17, 15) is 9.59 Å². The molecule has 1 saturated heterocycles. The molecule has 1 fully saturated rings. The number of amides is 2. The van der Waals surface area contributed by atoms with E-state index in [0.29, 0.717) is 0 Å². The van der Waals surface area contributed by atoms with Crippen LogP contribution < -0.4 is 10.8 Å². The molecule has 2 N–H and O–H groups in total. The summed E-state index contributed by atoms with van der Waals surface area (Å²) in [6.07, 6.45) is 0. The summed E-state index contributed by atoms with van der Waals surface area (Å²) in [5.41, 5.74) is 2.13. The smallest absolute Gasteiger partial charge is 0.268 e. The number of rotatable bonds is 2. The summed E-state index contributed by atoms with van der Waals surface area (Å²) in [5.74, 6) is -0.532. The molecule has 5 nitrogen and oxygen atoms in total. The van der Waals surface area contributed by atoms with Crippen LogP contribution in [0.5, 0.6) is 0 Å². The van der Waals surface area contributed by atoms with Gasteiger partial charge in [-0.05, 0) is 0 Å². The van der Waals surface area contributed by atoms with Gasteiger partial charge in [-0.15, -0.1) is 0 Å². The molecule has 0 spiro atoms. The zero-order valence-corrected chi connectivity index (χ0v) is 7.18. The summed E-state index contributed by atoms with van der Waals surface area (Å²) in [6.45, 7) is 0.192. The van der Waals surface area contributed by atoms with E-state index in [1.54, 1.807) is 0 Å². The molecule has 0 aliphatic carbocycles. The Kier molecular flexibility index (Phi) is 2.84. The monoisotopic (exact) mass is 222 g/mol. The third-order valence-electron chi connectivity index (χ3n) is 1.20. The molecule has 0 radical (unpaired) electrons. The van der Waals surface area contributed by atoms with E-state index in [-0.39, 0.29) is 23.8 Å². The first kappa shape index (κ1) is 8.48. The number of hydrogen-bond donors (Lipinski definition) is 2. The molecule has 2 amide bonds. The quantitative estimate of drug-likeness (QED) is 0.585. The zero-order chi connectivity index (χ0) is 8.27. The number of carbonyl (C=O) groups is 2. The maximum Gasteiger partial charge on any atom is 0.268 e. The Morgan fingerprint density at radius 1 is 1.91 bits per heavy atom. The van der Waals surface area contributed by atoms with Crippen LogP contribution in [0.2, 0.25) is 0 Å². The highest BCUT2D eigenvalue weighted by Gasteiger charge is 2.26. The van der Waals surface area contributed by atoms with Gasteiger partial charge in [0.25, 0.3) is 5.91 Å². The van der Waals surface area contributed by atoms with E-state index in [2.05, 4.69) is 31.6 Å². The molecule has 0 aromatic heterocycles. The lowest BCUT2D eigenvalue weighted by Crippen LogP contribution is -2.42. The molecular weight excluding hydrogens is 216 g/mol. The average Bonchev–Trinajstić information content (AvgIpc) is 2.37. The summed E-state index contributed by atoms with van der Waals surface area (Å²) in [7, 11) is 0. The highest BCUT2D eigenvalue weighted by atomic mass is 79.9. The molecule has 6 heteroatoms. The Morgan fingerprint density at radius 3 is 3.09 bits per heavy atom. The van der Waals surface area contributed by atoms with Crippen molar-refractivity contribution >= 4 is 27.7 Å². The number of carbonyl (C=O) groups excluding carboxylic acids is 2. The summed E-state index contributed by atoms with van der Waals surface area (Å²) in [5, 5.41) is 2.65. The third-order valence-corrected chi connectivity index (χ3v) is 1.71. The second kappa shape index (κ2) is 3.68. The highest BCUT2D eigenvalue weighted by molar-refractivity contribution is 9.09. The van der Waals surface area contributed by atoms with Gasteiger partial charge in [-0.1, -0.05) is 15.9 Å². The summed E-state index contributed by atoms with van der Waals surface area (Å²) >= 11 is 2.96. The second-order valence-corrected chi connectivity index (χ2v) is 2.59. The summed E-state index contributed by atoms with van der Waals surface area (Å²) < 4.78 is 0. The van der Waals surface area contributed by atoms with Gasteiger partial charge in [0.15, 0.2) is 0 Å². The van der Waals surface area contributed by atoms with E-state index < -0.39 is 6.04 Å². The van der Waals surface area contributed by atoms with Crippen molar-refractivity contribution < 1.29 is 14.4 Å². The van der Waals surface area contributed by atoms with Crippen molar-refractivity contribution in [2.45, 2.75) is 6.04 Å². The molecule has 62 valence electrons. The molecule has 1 aliphatic heterocycles. The lowest BCUT2D eigenvalue weighted by Gasteiger charge is -2.04. The minimum Gasteiger partial charge on any atom is -0.341 e. The number of hydroxylamine groups is 1. The fourth-order valence-electron chi connectivity index (χ4n) is 0.683.